The lowest BCUT2D eigenvalue weighted by Gasteiger charge is -2.02. The highest BCUT2D eigenvalue weighted by molar-refractivity contribution is 5.95. The van der Waals surface area contributed by atoms with E-state index in [1.807, 2.05) is 12.1 Å². The first kappa shape index (κ1) is 22.9. The maximum Gasteiger partial charge on any atom is 0.330 e. The Morgan fingerprint density at radius 2 is 1.63 bits per heavy atom. The highest BCUT2D eigenvalue weighted by Crippen LogP contribution is 2.18. The molecule has 0 aromatic heterocycles. The third kappa shape index (κ3) is 11.2. The Bertz CT molecular complexity index is 820. The van der Waals surface area contributed by atoms with Gasteiger partial charge in [-0.05, 0) is 52.5 Å². The highest BCUT2D eigenvalue weighted by Gasteiger charge is 1.97. The molecule has 140 valence electrons. The minimum atomic E-state index is -0.828. The van der Waals surface area contributed by atoms with Crippen LogP contribution in [0.15, 0.2) is 52.7 Å². The number of hydrogen-bond acceptors (Lipinski definition) is 5. The predicted molar refractivity (Wildman–Crippen MR) is 96.1 cm³/mol. The van der Waals surface area contributed by atoms with E-state index in [4.69, 9.17) is 15.8 Å². The fourth-order valence-corrected chi connectivity index (χ4v) is 1.45. The van der Waals surface area contributed by atoms with E-state index in [9.17, 15) is 14.4 Å². The number of ether oxygens (including phenoxy) is 2. The summed E-state index contributed by atoms with van der Waals surface area (Å²) in [4.78, 5) is 36.5. The molecule has 0 heterocycles. The van der Waals surface area contributed by atoms with Gasteiger partial charge in [0.1, 0.15) is 5.75 Å². The van der Waals surface area contributed by atoms with Crippen molar-refractivity contribution in [3.8, 4) is 5.75 Å². The fourth-order valence-electron chi connectivity index (χ4n) is 1.45. The number of benzene rings is 1. The predicted octanol–water partition coefficient (Wildman–Crippen LogP) is 3.49. The Morgan fingerprint density at radius 3 is 2.19 bits per heavy atom. The second-order valence-electron chi connectivity index (χ2n) is 4.22. The van der Waals surface area contributed by atoms with Gasteiger partial charge in [0.15, 0.2) is 0 Å². The summed E-state index contributed by atoms with van der Waals surface area (Å²) < 4.78 is 9.53. The molecular weight excluding hydrogens is 356 g/mol. The Morgan fingerprint density at radius 1 is 1.04 bits per heavy atom. The maximum absolute atomic E-state index is 10.9. The van der Waals surface area contributed by atoms with Gasteiger partial charge >= 0.3 is 5.97 Å². The summed E-state index contributed by atoms with van der Waals surface area (Å²) in [6.45, 7) is 1.87. The molecule has 11 nitrogen and oxygen atoms in total. The van der Waals surface area contributed by atoms with E-state index < -0.39 is 17.8 Å². The summed E-state index contributed by atoms with van der Waals surface area (Å²) in [7, 11) is 1.54. The van der Waals surface area contributed by atoms with Gasteiger partial charge < -0.3 is 9.47 Å². The van der Waals surface area contributed by atoms with E-state index in [0.717, 1.165) is 17.7 Å². The van der Waals surface area contributed by atoms with Gasteiger partial charge in [-0.25, -0.2) is 4.79 Å². The summed E-state index contributed by atoms with van der Waals surface area (Å²) in [6.07, 6.45) is 4.48. The zero-order valence-corrected chi connectivity index (χ0v) is 14.6. The molecule has 1 rings (SSSR count). The number of nitrogens with zero attached hydrogens (tertiary/aromatic N) is 6. The van der Waals surface area contributed by atoms with Crippen LogP contribution in [0.4, 0.5) is 0 Å². The molecule has 11 heteroatoms. The normalized spacial score (nSPS) is 9.41. The van der Waals surface area contributed by atoms with Crippen molar-refractivity contribution in [3.63, 3.8) is 0 Å². The van der Waals surface area contributed by atoms with Crippen molar-refractivity contribution in [2.75, 3.05) is 13.7 Å². The molecule has 0 unspecified atom stereocenters. The first-order valence-corrected chi connectivity index (χ1v) is 7.32. The minimum absolute atomic E-state index is 0.235. The summed E-state index contributed by atoms with van der Waals surface area (Å²) in [6, 6.07) is 7.21. The van der Waals surface area contributed by atoms with E-state index >= 15 is 0 Å². The van der Waals surface area contributed by atoms with E-state index in [2.05, 4.69) is 24.8 Å². The van der Waals surface area contributed by atoms with Crippen LogP contribution in [0, 0.1) is 0 Å². The first-order valence-electron chi connectivity index (χ1n) is 7.32. The van der Waals surface area contributed by atoms with Crippen LogP contribution < -0.4 is 4.74 Å². The van der Waals surface area contributed by atoms with Crippen molar-refractivity contribution in [2.24, 2.45) is 10.2 Å². The molecule has 0 aliphatic heterocycles. The Labute approximate surface area is 154 Å². The number of methoxy groups -OCH3 is 1. The molecule has 0 atom stereocenters. The van der Waals surface area contributed by atoms with Gasteiger partial charge in [0, 0.05) is 21.5 Å². The van der Waals surface area contributed by atoms with E-state index in [1.54, 1.807) is 26.2 Å². The summed E-state index contributed by atoms with van der Waals surface area (Å²) in [5, 5.41) is 5.61. The van der Waals surface area contributed by atoms with Gasteiger partial charge in [0.05, 0.1) is 13.7 Å². The SMILES string of the molecule is CCOC(=O)C=CC(=O)N=[N+]=[N-].COc1ccccc1C=CC(=O)N=[N+]=[N-]. The van der Waals surface area contributed by atoms with Crippen molar-refractivity contribution in [3.05, 3.63) is 68.9 Å². The second-order valence-corrected chi connectivity index (χ2v) is 4.22. The smallest absolute Gasteiger partial charge is 0.330 e. The zero-order valence-electron chi connectivity index (χ0n) is 14.6. The number of azide groups is 2. The summed E-state index contributed by atoms with van der Waals surface area (Å²) in [5.74, 6) is -1.45. The largest absolute Gasteiger partial charge is 0.496 e. The van der Waals surface area contributed by atoms with Crippen LogP contribution in [0.25, 0.3) is 27.0 Å². The minimum Gasteiger partial charge on any atom is -0.496 e. The molecule has 0 saturated heterocycles. The number of rotatable bonds is 6. The van der Waals surface area contributed by atoms with Gasteiger partial charge in [-0.3, -0.25) is 9.59 Å². The van der Waals surface area contributed by atoms with Crippen molar-refractivity contribution in [2.45, 2.75) is 6.92 Å². The third-order valence-electron chi connectivity index (χ3n) is 2.48. The first-order chi connectivity index (χ1) is 13.0. The van der Waals surface area contributed by atoms with Crippen LogP contribution in [0.3, 0.4) is 0 Å². The van der Waals surface area contributed by atoms with Crippen molar-refractivity contribution in [1.29, 1.82) is 0 Å². The molecule has 1 aromatic carbocycles. The lowest BCUT2D eigenvalue weighted by atomic mass is 10.2. The lowest BCUT2D eigenvalue weighted by Crippen LogP contribution is -1.99. The van der Waals surface area contributed by atoms with Crippen molar-refractivity contribution < 1.29 is 23.9 Å². The molecule has 2 amide bonds. The molecule has 0 fully saturated rings. The molecule has 0 radical (unpaired) electrons. The fraction of sp³-hybridized carbons (Fsp3) is 0.188. The van der Waals surface area contributed by atoms with Crippen LogP contribution in [-0.2, 0) is 19.1 Å². The lowest BCUT2D eigenvalue weighted by molar-refractivity contribution is -0.137. The Balaban J connectivity index is 0.000000516. The number of carbonyl (C=O) groups is 3. The Hall–Kier alpha value is -4.07. The van der Waals surface area contributed by atoms with Crippen molar-refractivity contribution >= 4 is 23.9 Å². The van der Waals surface area contributed by atoms with Gasteiger partial charge in [-0.2, -0.15) is 0 Å². The molecule has 0 N–H and O–H groups in total. The number of hydrogen-bond donors (Lipinski definition) is 0. The van der Waals surface area contributed by atoms with E-state index in [1.165, 1.54) is 12.2 Å². The molecule has 27 heavy (non-hydrogen) atoms. The maximum atomic E-state index is 10.9. The van der Waals surface area contributed by atoms with Crippen LogP contribution in [0.1, 0.15) is 12.5 Å². The monoisotopic (exact) mass is 372 g/mol. The quantitative estimate of drug-likeness (QED) is 0.244. The summed E-state index contributed by atoms with van der Waals surface area (Å²) in [5.41, 5.74) is 16.6. The molecule has 0 aliphatic rings. The molecule has 0 aliphatic carbocycles. The van der Waals surface area contributed by atoms with Gasteiger partial charge in [-0.15, -0.1) is 0 Å². The van der Waals surface area contributed by atoms with Crippen LogP contribution in [-0.4, -0.2) is 31.5 Å². The second kappa shape index (κ2) is 14.3. The Kier molecular flexibility index (Phi) is 12.1. The van der Waals surface area contributed by atoms with Crippen LogP contribution >= 0.6 is 0 Å². The third-order valence-corrected chi connectivity index (χ3v) is 2.48. The van der Waals surface area contributed by atoms with Gasteiger partial charge in [0.2, 0.25) is 11.8 Å². The van der Waals surface area contributed by atoms with Gasteiger partial charge in [-0.1, -0.05) is 18.2 Å². The van der Waals surface area contributed by atoms with Gasteiger partial charge in [0.25, 0.3) is 0 Å². The standard InChI is InChI=1S/C10H9N3O2.C6H7N3O3/c1-15-9-5-3-2-4-8(9)6-7-10(14)12-13-11;1-2-12-6(11)4-3-5(10)8-9-7/h2-7H,1H3;3-4H,2H2,1H3. The average molecular weight is 372 g/mol. The molecular formula is C16H16N6O5. The van der Waals surface area contributed by atoms with Crippen molar-refractivity contribution in [1.82, 2.24) is 0 Å². The average Bonchev–Trinajstić information content (AvgIpc) is 2.66. The van der Waals surface area contributed by atoms with Crippen LogP contribution in [0.2, 0.25) is 0 Å². The molecule has 0 bridgehead atoms. The van der Waals surface area contributed by atoms with E-state index in [-0.39, 0.29) is 6.61 Å². The van der Waals surface area contributed by atoms with E-state index in [0.29, 0.717) is 5.75 Å². The number of carbonyl (C=O) groups excluding carboxylic acids is 3. The zero-order chi connectivity index (χ0) is 20.5. The number of amides is 2. The van der Waals surface area contributed by atoms with Crippen LogP contribution in [0.5, 0.6) is 5.75 Å². The topological polar surface area (TPSA) is 167 Å². The number of para-hydroxylation sites is 1. The molecule has 0 spiro atoms. The number of esters is 1. The highest BCUT2D eigenvalue weighted by atomic mass is 16.5. The molecule has 0 saturated carbocycles. The summed E-state index contributed by atoms with van der Waals surface area (Å²) >= 11 is 0. The molecule has 1 aromatic rings.